The van der Waals surface area contributed by atoms with E-state index in [2.05, 4.69) is 14.0 Å². The normalized spacial score (nSPS) is 28.2. The maximum atomic E-state index is 5.81. The number of likely N-dealkylation sites (tertiary alicyclic amines) is 1. The molecule has 17 heavy (non-hydrogen) atoms. The van der Waals surface area contributed by atoms with E-state index in [1.807, 2.05) is 30.3 Å². The van der Waals surface area contributed by atoms with E-state index in [1.54, 1.807) is 0 Å². The van der Waals surface area contributed by atoms with Crippen LogP contribution in [0.15, 0.2) is 30.3 Å². The maximum absolute atomic E-state index is 5.81. The first-order valence-electron chi connectivity index (χ1n) is 6.76. The van der Waals surface area contributed by atoms with Crippen molar-refractivity contribution in [3.05, 3.63) is 30.3 Å². The quantitative estimate of drug-likeness (QED) is 0.711. The van der Waals surface area contributed by atoms with E-state index < -0.39 is 0 Å². The topological polar surface area (TPSA) is 9.23 Å². The summed E-state index contributed by atoms with van der Waals surface area (Å²) in [6.07, 6.45) is 4.06. The molecule has 1 heterocycles. The van der Waals surface area contributed by atoms with Crippen molar-refractivity contribution < 1.29 is 9.22 Å². The number of quaternary nitrogens is 1. The summed E-state index contributed by atoms with van der Waals surface area (Å²) in [7, 11) is 2.38. The van der Waals surface area contributed by atoms with Crippen LogP contribution in [0.25, 0.3) is 0 Å². The van der Waals surface area contributed by atoms with Gasteiger partial charge in [-0.15, -0.1) is 0 Å². The molecule has 94 valence electrons. The lowest BCUT2D eigenvalue weighted by Crippen LogP contribution is -2.50. The van der Waals surface area contributed by atoms with E-state index >= 15 is 0 Å². The van der Waals surface area contributed by atoms with Crippen LogP contribution in [0, 0.1) is 0 Å². The van der Waals surface area contributed by atoms with Gasteiger partial charge in [0.1, 0.15) is 18.9 Å². The van der Waals surface area contributed by atoms with Gasteiger partial charge in [-0.1, -0.05) is 25.1 Å². The van der Waals surface area contributed by atoms with Gasteiger partial charge in [0.25, 0.3) is 0 Å². The zero-order chi connectivity index (χ0) is 12.1. The molecule has 2 rings (SSSR count). The maximum Gasteiger partial charge on any atom is 0.137 e. The lowest BCUT2D eigenvalue weighted by atomic mass is 10.1. The monoisotopic (exact) mass is 234 g/mol. The molecular formula is C15H24NO+. The van der Waals surface area contributed by atoms with Crippen LogP contribution < -0.4 is 4.74 Å². The number of rotatable bonds is 5. The van der Waals surface area contributed by atoms with Gasteiger partial charge >= 0.3 is 0 Å². The van der Waals surface area contributed by atoms with Crippen molar-refractivity contribution in [1.82, 2.24) is 0 Å². The Bertz CT molecular complexity index is 338. The molecular weight excluding hydrogens is 210 g/mol. The minimum atomic E-state index is 0.830. The molecule has 1 aliphatic heterocycles. The average molecular weight is 234 g/mol. The van der Waals surface area contributed by atoms with E-state index in [1.165, 1.54) is 30.3 Å². The minimum absolute atomic E-state index is 0.830. The highest BCUT2D eigenvalue weighted by atomic mass is 16.5. The molecule has 0 aromatic heterocycles. The van der Waals surface area contributed by atoms with Gasteiger partial charge < -0.3 is 9.22 Å². The zero-order valence-corrected chi connectivity index (χ0v) is 11.1. The number of benzene rings is 1. The van der Waals surface area contributed by atoms with Crippen LogP contribution in [0.2, 0.25) is 0 Å². The van der Waals surface area contributed by atoms with Gasteiger partial charge in [0, 0.05) is 12.8 Å². The van der Waals surface area contributed by atoms with Crippen LogP contribution in [0.1, 0.15) is 26.2 Å². The molecule has 0 bridgehead atoms. The first-order chi connectivity index (χ1) is 8.24. The second-order valence-electron chi connectivity index (χ2n) is 5.29. The predicted octanol–water partition coefficient (Wildman–Crippen LogP) is 3.08. The Labute approximate surface area is 105 Å². The van der Waals surface area contributed by atoms with Gasteiger partial charge in [-0.25, -0.2) is 0 Å². The number of hydrogen-bond acceptors (Lipinski definition) is 1. The molecule has 0 N–H and O–H groups in total. The van der Waals surface area contributed by atoms with Crippen LogP contribution in [0.4, 0.5) is 0 Å². The molecule has 1 aliphatic rings. The fraction of sp³-hybridized carbons (Fsp3) is 0.600. The van der Waals surface area contributed by atoms with Gasteiger partial charge in [0.15, 0.2) is 0 Å². The second kappa shape index (κ2) is 5.54. The third-order valence-electron chi connectivity index (χ3n) is 4.17. The van der Waals surface area contributed by atoms with Crippen molar-refractivity contribution in [1.29, 1.82) is 0 Å². The number of ether oxygens (including phenoxy) is 1. The number of hydrogen-bond donors (Lipinski definition) is 0. The third kappa shape index (κ3) is 3.01. The van der Waals surface area contributed by atoms with Gasteiger partial charge in [-0.2, -0.15) is 0 Å². The lowest BCUT2D eigenvalue weighted by Gasteiger charge is -2.35. The van der Waals surface area contributed by atoms with Gasteiger partial charge in [0.05, 0.1) is 19.6 Å². The standard InChI is InChI=1S/C15H24NO/c1-3-14-8-7-11-16(14,2)12-13-17-15-9-5-4-6-10-15/h4-6,9-10,14H,3,7-8,11-13H2,1-2H3/q+1/t14-,16?/m1/s1. The smallest absolute Gasteiger partial charge is 0.137 e. The molecule has 2 heteroatoms. The highest BCUT2D eigenvalue weighted by molar-refractivity contribution is 5.20. The first-order valence-corrected chi connectivity index (χ1v) is 6.76. The molecule has 0 aliphatic carbocycles. The molecule has 1 unspecified atom stereocenters. The second-order valence-corrected chi connectivity index (χ2v) is 5.29. The van der Waals surface area contributed by atoms with Crippen LogP contribution in [-0.4, -0.2) is 37.3 Å². The molecule has 1 saturated heterocycles. The average Bonchev–Trinajstić information content (AvgIpc) is 2.72. The largest absolute Gasteiger partial charge is 0.488 e. The molecule has 0 amide bonds. The molecule has 1 fully saturated rings. The summed E-state index contributed by atoms with van der Waals surface area (Å²) in [6.45, 7) is 5.59. The van der Waals surface area contributed by atoms with Gasteiger partial charge in [0.2, 0.25) is 0 Å². The summed E-state index contributed by atoms with van der Waals surface area (Å²) < 4.78 is 7.01. The van der Waals surface area contributed by atoms with Gasteiger partial charge in [-0.3, -0.25) is 0 Å². The van der Waals surface area contributed by atoms with Crippen molar-refractivity contribution in [3.8, 4) is 5.75 Å². The summed E-state index contributed by atoms with van der Waals surface area (Å²) in [4.78, 5) is 0. The Morgan fingerprint density at radius 3 is 2.76 bits per heavy atom. The SMILES string of the molecule is CC[C@@H]1CCC[N+]1(C)CCOc1ccccc1. The summed E-state index contributed by atoms with van der Waals surface area (Å²) >= 11 is 0. The Morgan fingerprint density at radius 2 is 2.06 bits per heavy atom. The van der Waals surface area contributed by atoms with Crippen molar-refractivity contribution in [2.45, 2.75) is 32.2 Å². The molecule has 1 aromatic rings. The summed E-state index contributed by atoms with van der Waals surface area (Å²) in [6, 6.07) is 11.0. The molecule has 0 saturated carbocycles. The fourth-order valence-electron chi connectivity index (χ4n) is 3.01. The molecule has 0 radical (unpaired) electrons. The molecule has 1 aromatic carbocycles. The zero-order valence-electron chi connectivity index (χ0n) is 11.1. The Balaban J connectivity index is 1.82. The highest BCUT2D eigenvalue weighted by Gasteiger charge is 2.36. The van der Waals surface area contributed by atoms with Crippen molar-refractivity contribution >= 4 is 0 Å². The van der Waals surface area contributed by atoms with E-state index in [-0.39, 0.29) is 0 Å². The van der Waals surface area contributed by atoms with E-state index in [9.17, 15) is 0 Å². The fourth-order valence-corrected chi connectivity index (χ4v) is 3.01. The lowest BCUT2D eigenvalue weighted by molar-refractivity contribution is -0.921. The molecule has 2 atom stereocenters. The highest BCUT2D eigenvalue weighted by Crippen LogP contribution is 2.26. The molecule has 0 spiro atoms. The van der Waals surface area contributed by atoms with Crippen molar-refractivity contribution in [2.24, 2.45) is 0 Å². The van der Waals surface area contributed by atoms with Crippen LogP contribution in [0.5, 0.6) is 5.75 Å². The van der Waals surface area contributed by atoms with Crippen LogP contribution in [0.3, 0.4) is 0 Å². The number of nitrogens with zero attached hydrogens (tertiary/aromatic N) is 1. The number of para-hydroxylation sites is 1. The third-order valence-corrected chi connectivity index (χ3v) is 4.17. The molecule has 2 nitrogen and oxygen atoms in total. The Kier molecular flexibility index (Phi) is 4.06. The summed E-state index contributed by atoms with van der Waals surface area (Å²) in [5, 5.41) is 0. The first kappa shape index (κ1) is 12.4. The minimum Gasteiger partial charge on any atom is -0.488 e. The van der Waals surface area contributed by atoms with Gasteiger partial charge in [-0.05, 0) is 18.6 Å². The predicted molar refractivity (Wildman–Crippen MR) is 71.2 cm³/mol. The number of likely N-dealkylation sites (N-methyl/N-ethyl adjacent to an activating group) is 1. The van der Waals surface area contributed by atoms with E-state index in [0.29, 0.717) is 0 Å². The van der Waals surface area contributed by atoms with E-state index in [0.717, 1.165) is 24.9 Å². The van der Waals surface area contributed by atoms with Crippen molar-refractivity contribution in [3.63, 3.8) is 0 Å². The summed E-state index contributed by atoms with van der Waals surface area (Å²) in [5.41, 5.74) is 0. The van der Waals surface area contributed by atoms with E-state index in [4.69, 9.17) is 4.74 Å². The summed E-state index contributed by atoms with van der Waals surface area (Å²) in [5.74, 6) is 0.992. The van der Waals surface area contributed by atoms with Crippen LogP contribution in [-0.2, 0) is 0 Å². The van der Waals surface area contributed by atoms with Crippen LogP contribution >= 0.6 is 0 Å². The Hall–Kier alpha value is -1.02. The van der Waals surface area contributed by atoms with Crippen molar-refractivity contribution in [2.75, 3.05) is 26.7 Å². The Morgan fingerprint density at radius 1 is 1.29 bits per heavy atom.